The van der Waals surface area contributed by atoms with Crippen LogP contribution in [0.15, 0.2) is 0 Å². The van der Waals surface area contributed by atoms with Gasteiger partial charge in [0.1, 0.15) is 0 Å². The van der Waals surface area contributed by atoms with Crippen LogP contribution in [0.25, 0.3) is 0 Å². The molecule has 0 saturated carbocycles. The second-order valence-electron chi connectivity index (χ2n) is 0. The first kappa shape index (κ1) is 42.3. The summed E-state index contributed by atoms with van der Waals surface area (Å²) in [5.74, 6) is 0. The molecule has 66 valence electrons. The van der Waals surface area contributed by atoms with Gasteiger partial charge >= 0.3 is 31.1 Å². The van der Waals surface area contributed by atoms with E-state index in [0.29, 0.717) is 0 Å². The molecule has 0 aliphatic heterocycles. The van der Waals surface area contributed by atoms with Gasteiger partial charge in [-0.2, -0.15) is 27.7 Å². The van der Waals surface area contributed by atoms with Crippen LogP contribution in [-0.2, 0) is 13.5 Å². The van der Waals surface area contributed by atoms with Crippen LogP contribution in [0.1, 0.15) is 27.7 Å². The maximum atomic E-state index is 3.25. The second-order valence-corrected chi connectivity index (χ2v) is 0. The summed E-state index contributed by atoms with van der Waals surface area (Å²) in [7, 11) is 0. The smallest absolute Gasteiger partial charge is 2.00 e. The van der Waals surface area contributed by atoms with Gasteiger partial charge in [0.05, 0.1) is 0 Å². The van der Waals surface area contributed by atoms with Gasteiger partial charge in [0.25, 0.3) is 0 Å². The zero-order valence-electron chi connectivity index (χ0n) is 7.74. The van der Waals surface area contributed by atoms with E-state index < -0.39 is 0 Å². The van der Waals surface area contributed by atoms with Gasteiger partial charge in [0.2, 0.25) is 0 Å². The Bertz CT molecular complexity index is 9.22. The summed E-state index contributed by atoms with van der Waals surface area (Å²) in [6, 6.07) is 0. The molecule has 0 aliphatic rings. The molecule has 0 bridgehead atoms. The van der Waals surface area contributed by atoms with Crippen LogP contribution in [0.3, 0.4) is 0 Å². The van der Waals surface area contributed by atoms with Crippen LogP contribution in [0, 0.1) is 58.8 Å². The van der Waals surface area contributed by atoms with Gasteiger partial charge in [0.15, 0.2) is 0 Å². The summed E-state index contributed by atoms with van der Waals surface area (Å²) in [6.45, 7) is 20.0. The summed E-state index contributed by atoms with van der Waals surface area (Å²) < 4.78 is 0. The van der Waals surface area contributed by atoms with Crippen molar-refractivity contribution < 1.29 is 31.1 Å². The number of hydrogen-bond acceptors (Lipinski definition) is 0. The third-order valence-electron chi connectivity index (χ3n) is 0. The largest absolute Gasteiger partial charge is 2.00 e. The van der Waals surface area contributed by atoms with Crippen molar-refractivity contribution in [3.05, 3.63) is 27.7 Å². The quantitative estimate of drug-likeness (QED) is 0.560. The summed E-state index contributed by atoms with van der Waals surface area (Å²) in [5.41, 5.74) is 0. The van der Waals surface area contributed by atoms with Crippen molar-refractivity contribution in [3.8, 4) is 0 Å². The number of rotatable bonds is 0. The minimum Gasteiger partial charge on any atom is -2.00 e. The Labute approximate surface area is 99.4 Å². The van der Waals surface area contributed by atoms with E-state index in [1.165, 1.54) is 0 Å². The van der Waals surface area contributed by atoms with Crippen molar-refractivity contribution in [1.29, 1.82) is 0 Å². The maximum Gasteiger partial charge on any atom is 2.00 e. The van der Waals surface area contributed by atoms with Crippen LogP contribution in [0.5, 0.6) is 0 Å². The molecule has 0 atom stereocenters. The van der Waals surface area contributed by atoms with Gasteiger partial charge in [-0.1, -0.05) is 0 Å². The van der Waals surface area contributed by atoms with E-state index in [0.717, 1.165) is 0 Å². The predicted octanol–water partition coefficient (Wildman–Crippen LogP) is 3.36. The Morgan fingerprint density at radius 1 is 0.500 bits per heavy atom. The van der Waals surface area contributed by atoms with E-state index >= 15 is 0 Å². The molecule has 0 heterocycles. The topological polar surface area (TPSA) is 0 Å². The third kappa shape index (κ3) is 338. The average Bonchev–Trinajstić information content (AvgIpc) is 2.03. The predicted molar refractivity (Wildman–Crippen MR) is 51.5 cm³/mol. The molecule has 0 rings (SSSR count). The van der Waals surface area contributed by atoms with Crippen molar-refractivity contribution in [2.75, 3.05) is 0 Å². The molecule has 0 aliphatic carbocycles. The van der Waals surface area contributed by atoms with E-state index in [4.69, 9.17) is 0 Å². The van der Waals surface area contributed by atoms with E-state index in [1.807, 2.05) is 0 Å². The molecule has 0 unspecified atom stereocenters. The van der Waals surface area contributed by atoms with Crippen molar-refractivity contribution >= 4 is 13.5 Å². The summed E-state index contributed by atoms with van der Waals surface area (Å²) in [6.07, 6.45) is 0. The van der Waals surface area contributed by atoms with Crippen LogP contribution in [0.4, 0.5) is 0 Å². The first-order valence-corrected chi connectivity index (χ1v) is 2.83. The first-order valence-electron chi connectivity index (χ1n) is 2.83. The number of hydrogen-bond donors (Lipinski definition) is 0. The van der Waals surface area contributed by atoms with Crippen LogP contribution < -0.4 is 0 Å². The van der Waals surface area contributed by atoms with Crippen molar-refractivity contribution in [2.45, 2.75) is 27.7 Å². The molecule has 0 nitrogen and oxygen atoms in total. The summed E-state index contributed by atoms with van der Waals surface area (Å²) in [5, 5.41) is 0. The molecule has 0 amide bonds. The molecule has 0 aromatic rings. The van der Waals surface area contributed by atoms with Gasteiger partial charge in [0, 0.05) is 0 Å². The van der Waals surface area contributed by atoms with Crippen LogP contribution in [-0.4, -0.2) is 0 Å². The van der Waals surface area contributed by atoms with Crippen LogP contribution >= 0.6 is 0 Å². The molecule has 0 saturated heterocycles. The second kappa shape index (κ2) is 468. The molecule has 0 aromatic heterocycles. The van der Waals surface area contributed by atoms with Crippen molar-refractivity contribution in [1.82, 2.24) is 0 Å². The SMILES string of the molecule is [CH2-]C.[CH2-]C.[CH2-]C.[CH2-]C.[S-2].[U+2]. The minimum absolute atomic E-state index is 0. The molecule has 0 radical (unpaired) electrons. The molecular formula is C8H20SU-4. The first-order chi connectivity index (χ1) is 4.00. The zero-order valence-corrected chi connectivity index (χ0v) is 12.7. The minimum atomic E-state index is 0. The molecule has 0 spiro atoms. The fourth-order valence-electron chi connectivity index (χ4n) is 0. The summed E-state index contributed by atoms with van der Waals surface area (Å²) in [4.78, 5) is 0. The van der Waals surface area contributed by atoms with Gasteiger partial charge < -0.3 is 41.2 Å². The van der Waals surface area contributed by atoms with Crippen molar-refractivity contribution in [3.63, 3.8) is 0 Å². The van der Waals surface area contributed by atoms with E-state index in [9.17, 15) is 0 Å². The van der Waals surface area contributed by atoms with Gasteiger partial charge in [-0.25, -0.2) is 0 Å². The monoisotopic (exact) mass is 386 g/mol. The Balaban J connectivity index is -0.00000000500. The molecule has 0 fully saturated rings. The van der Waals surface area contributed by atoms with Gasteiger partial charge in [-0.3, -0.25) is 0 Å². The molecule has 0 aromatic carbocycles. The maximum absolute atomic E-state index is 3.25. The molecule has 10 heavy (non-hydrogen) atoms. The van der Waals surface area contributed by atoms with E-state index in [-0.39, 0.29) is 44.6 Å². The standard InChI is InChI=1S/4C2H5.S.U/c4*1-2;;/h4*1H2,2H3;;/q4*-1;-2;+2. The normalized spacial score (nSPS) is 2.40. The Hall–Kier alpha value is 1.40. The fraction of sp³-hybridized carbons (Fsp3) is 0.500. The van der Waals surface area contributed by atoms with E-state index in [2.05, 4.69) is 27.7 Å². The van der Waals surface area contributed by atoms with Gasteiger partial charge in [-0.05, 0) is 0 Å². The van der Waals surface area contributed by atoms with Gasteiger partial charge in [-0.15, -0.1) is 0 Å². The zero-order chi connectivity index (χ0) is 8.00. The Kier molecular flexibility index (Phi) is 1980. The molecular weight excluding hydrogens is 366 g/mol. The Morgan fingerprint density at radius 2 is 0.500 bits per heavy atom. The fourth-order valence-corrected chi connectivity index (χ4v) is 0. The van der Waals surface area contributed by atoms with Crippen LogP contribution in [0.2, 0.25) is 0 Å². The third-order valence-corrected chi connectivity index (χ3v) is 0. The summed E-state index contributed by atoms with van der Waals surface area (Å²) >= 11 is 0. The molecule has 0 N–H and O–H groups in total. The average molecular weight is 386 g/mol. The van der Waals surface area contributed by atoms with E-state index in [1.54, 1.807) is 27.7 Å². The Morgan fingerprint density at radius 3 is 0.500 bits per heavy atom. The van der Waals surface area contributed by atoms with Crippen molar-refractivity contribution in [2.24, 2.45) is 0 Å². The molecule has 2 heteroatoms.